The van der Waals surface area contributed by atoms with E-state index in [9.17, 15) is 4.79 Å². The summed E-state index contributed by atoms with van der Waals surface area (Å²) in [7, 11) is 0. The molecule has 1 saturated heterocycles. The maximum absolute atomic E-state index is 11.8. The van der Waals surface area contributed by atoms with E-state index in [0.717, 1.165) is 12.0 Å². The van der Waals surface area contributed by atoms with Crippen molar-refractivity contribution in [1.29, 1.82) is 0 Å². The summed E-state index contributed by atoms with van der Waals surface area (Å²) in [6.45, 7) is 2.71. The Morgan fingerprint density at radius 2 is 2.07 bits per heavy atom. The third-order valence-corrected chi connectivity index (χ3v) is 2.96. The van der Waals surface area contributed by atoms with Crippen LogP contribution in [0.5, 0.6) is 0 Å². The Hall–Kier alpha value is -1.35. The topological polar surface area (TPSA) is 41.1 Å². The van der Waals surface area contributed by atoms with E-state index in [2.05, 4.69) is 10.9 Å². The van der Waals surface area contributed by atoms with Gasteiger partial charge in [-0.05, 0) is 12.0 Å². The largest absolute Gasteiger partial charge is 0.291 e. The molecular weight excluding hydrogens is 176 g/mol. The van der Waals surface area contributed by atoms with Crippen molar-refractivity contribution in [3.05, 3.63) is 35.9 Å². The van der Waals surface area contributed by atoms with Crippen LogP contribution < -0.4 is 10.9 Å². The molecule has 14 heavy (non-hydrogen) atoms. The normalized spacial score (nSPS) is 26.2. The molecule has 1 aliphatic heterocycles. The first-order chi connectivity index (χ1) is 6.79. The fourth-order valence-corrected chi connectivity index (χ4v) is 1.96. The van der Waals surface area contributed by atoms with Crippen LogP contribution in [0.2, 0.25) is 0 Å². The van der Waals surface area contributed by atoms with Gasteiger partial charge < -0.3 is 0 Å². The highest BCUT2D eigenvalue weighted by molar-refractivity contribution is 5.89. The van der Waals surface area contributed by atoms with Crippen LogP contribution in [0.15, 0.2) is 30.3 Å². The minimum absolute atomic E-state index is 0.0752. The lowest BCUT2D eigenvalue weighted by atomic mass is 9.78. The Kier molecular flexibility index (Phi) is 2.25. The van der Waals surface area contributed by atoms with Gasteiger partial charge in [-0.3, -0.25) is 10.2 Å². The fourth-order valence-electron chi connectivity index (χ4n) is 1.96. The standard InChI is InChI=1S/C11H14N2O/c1-2-11(8-12-13-10(11)14)9-6-4-3-5-7-9/h3-7,12H,2,8H2,1H3,(H,13,14). The van der Waals surface area contributed by atoms with Crippen molar-refractivity contribution < 1.29 is 4.79 Å². The SMILES string of the molecule is CCC1(c2ccccc2)CNNC1=O. The lowest BCUT2D eigenvalue weighted by Gasteiger charge is -2.23. The van der Waals surface area contributed by atoms with E-state index in [1.807, 2.05) is 37.3 Å². The van der Waals surface area contributed by atoms with Gasteiger partial charge in [-0.15, -0.1) is 0 Å². The Morgan fingerprint density at radius 3 is 2.57 bits per heavy atom. The van der Waals surface area contributed by atoms with Gasteiger partial charge in [0.2, 0.25) is 5.91 Å². The molecule has 1 aromatic rings. The molecule has 0 radical (unpaired) electrons. The number of carbonyl (C=O) groups excluding carboxylic acids is 1. The molecule has 1 amide bonds. The van der Waals surface area contributed by atoms with Crippen LogP contribution in [-0.2, 0) is 10.2 Å². The molecule has 1 atom stereocenters. The zero-order valence-electron chi connectivity index (χ0n) is 8.21. The maximum Gasteiger partial charge on any atom is 0.246 e. The van der Waals surface area contributed by atoms with Crippen LogP contribution in [0.3, 0.4) is 0 Å². The van der Waals surface area contributed by atoms with E-state index < -0.39 is 0 Å². The molecule has 2 N–H and O–H groups in total. The molecule has 0 bridgehead atoms. The number of amides is 1. The second kappa shape index (κ2) is 3.42. The van der Waals surface area contributed by atoms with Gasteiger partial charge in [0, 0.05) is 6.54 Å². The minimum Gasteiger partial charge on any atom is -0.291 e. The molecule has 1 aliphatic rings. The first-order valence-corrected chi connectivity index (χ1v) is 4.88. The number of rotatable bonds is 2. The van der Waals surface area contributed by atoms with Crippen molar-refractivity contribution >= 4 is 5.91 Å². The molecule has 1 heterocycles. The third kappa shape index (κ3) is 1.21. The van der Waals surface area contributed by atoms with Crippen molar-refractivity contribution in [3.63, 3.8) is 0 Å². The highest BCUT2D eigenvalue weighted by atomic mass is 16.2. The molecule has 3 heteroatoms. The number of carbonyl (C=O) groups is 1. The van der Waals surface area contributed by atoms with E-state index in [-0.39, 0.29) is 11.3 Å². The fraction of sp³-hybridized carbons (Fsp3) is 0.364. The first-order valence-electron chi connectivity index (χ1n) is 4.88. The molecule has 0 saturated carbocycles. The first kappa shape index (κ1) is 9.21. The molecule has 1 aromatic carbocycles. The molecule has 1 unspecified atom stereocenters. The van der Waals surface area contributed by atoms with Crippen LogP contribution in [0.1, 0.15) is 18.9 Å². The number of benzene rings is 1. The predicted molar refractivity (Wildman–Crippen MR) is 54.6 cm³/mol. The van der Waals surface area contributed by atoms with Gasteiger partial charge in [0.15, 0.2) is 0 Å². The van der Waals surface area contributed by atoms with Gasteiger partial charge in [-0.25, -0.2) is 5.43 Å². The zero-order valence-corrected chi connectivity index (χ0v) is 8.21. The molecule has 0 spiro atoms. The molecule has 0 aliphatic carbocycles. The van der Waals surface area contributed by atoms with Crippen LogP contribution >= 0.6 is 0 Å². The minimum atomic E-state index is -0.374. The molecule has 0 aromatic heterocycles. The highest BCUT2D eigenvalue weighted by Crippen LogP contribution is 2.29. The Balaban J connectivity index is 2.43. The van der Waals surface area contributed by atoms with Crippen molar-refractivity contribution in [1.82, 2.24) is 10.9 Å². The number of hydrogen-bond acceptors (Lipinski definition) is 2. The van der Waals surface area contributed by atoms with Crippen LogP contribution in [-0.4, -0.2) is 12.5 Å². The van der Waals surface area contributed by atoms with E-state index in [1.54, 1.807) is 0 Å². The second-order valence-corrected chi connectivity index (χ2v) is 3.61. The molecule has 1 fully saturated rings. The van der Waals surface area contributed by atoms with E-state index in [0.29, 0.717) is 6.54 Å². The lowest BCUT2D eigenvalue weighted by Crippen LogP contribution is -2.36. The Bertz CT molecular complexity index is 336. The molecule has 2 rings (SSSR count). The quantitative estimate of drug-likeness (QED) is 0.729. The van der Waals surface area contributed by atoms with E-state index in [1.165, 1.54) is 0 Å². The van der Waals surface area contributed by atoms with Crippen molar-refractivity contribution in [2.75, 3.05) is 6.54 Å². The van der Waals surface area contributed by atoms with Gasteiger partial charge in [0.25, 0.3) is 0 Å². The summed E-state index contributed by atoms with van der Waals surface area (Å²) in [5, 5.41) is 0. The highest BCUT2D eigenvalue weighted by Gasteiger charge is 2.42. The monoisotopic (exact) mass is 190 g/mol. The predicted octanol–water partition coefficient (Wildman–Crippen LogP) is 0.969. The number of hydrazine groups is 1. The van der Waals surface area contributed by atoms with Gasteiger partial charge >= 0.3 is 0 Å². The summed E-state index contributed by atoms with van der Waals surface area (Å²) in [5.41, 5.74) is 6.30. The van der Waals surface area contributed by atoms with Gasteiger partial charge in [-0.2, -0.15) is 0 Å². The summed E-state index contributed by atoms with van der Waals surface area (Å²) < 4.78 is 0. The van der Waals surface area contributed by atoms with E-state index in [4.69, 9.17) is 0 Å². The summed E-state index contributed by atoms with van der Waals surface area (Å²) >= 11 is 0. The summed E-state index contributed by atoms with van der Waals surface area (Å²) in [4.78, 5) is 11.8. The molecule has 74 valence electrons. The molecular formula is C11H14N2O. The van der Waals surface area contributed by atoms with Gasteiger partial charge in [0.1, 0.15) is 0 Å². The van der Waals surface area contributed by atoms with E-state index >= 15 is 0 Å². The van der Waals surface area contributed by atoms with Gasteiger partial charge in [-0.1, -0.05) is 37.3 Å². The average Bonchev–Trinajstić information content (AvgIpc) is 2.62. The smallest absolute Gasteiger partial charge is 0.246 e. The number of hydrogen-bond donors (Lipinski definition) is 2. The Morgan fingerprint density at radius 1 is 1.36 bits per heavy atom. The van der Waals surface area contributed by atoms with Crippen LogP contribution in [0.4, 0.5) is 0 Å². The van der Waals surface area contributed by atoms with Crippen molar-refractivity contribution in [3.8, 4) is 0 Å². The summed E-state index contributed by atoms with van der Waals surface area (Å²) in [5.74, 6) is 0.0752. The van der Waals surface area contributed by atoms with Crippen LogP contribution in [0, 0.1) is 0 Å². The number of nitrogens with one attached hydrogen (secondary N) is 2. The Labute approximate surface area is 83.5 Å². The zero-order chi connectivity index (χ0) is 10.0. The lowest BCUT2D eigenvalue weighted by molar-refractivity contribution is -0.124. The van der Waals surface area contributed by atoms with Crippen molar-refractivity contribution in [2.24, 2.45) is 0 Å². The summed E-state index contributed by atoms with van der Waals surface area (Å²) in [6.07, 6.45) is 0.815. The van der Waals surface area contributed by atoms with Gasteiger partial charge in [0.05, 0.1) is 5.41 Å². The molecule has 3 nitrogen and oxygen atoms in total. The van der Waals surface area contributed by atoms with Crippen molar-refractivity contribution in [2.45, 2.75) is 18.8 Å². The summed E-state index contributed by atoms with van der Waals surface area (Å²) in [6, 6.07) is 9.93. The third-order valence-electron chi connectivity index (χ3n) is 2.96. The maximum atomic E-state index is 11.8. The second-order valence-electron chi connectivity index (χ2n) is 3.61. The average molecular weight is 190 g/mol. The van der Waals surface area contributed by atoms with Crippen LogP contribution in [0.25, 0.3) is 0 Å².